The zero-order valence-corrected chi connectivity index (χ0v) is 21.7. The van der Waals surface area contributed by atoms with Crippen molar-refractivity contribution in [2.45, 2.75) is 24.9 Å². The van der Waals surface area contributed by atoms with Gasteiger partial charge in [0.1, 0.15) is 11.5 Å². The summed E-state index contributed by atoms with van der Waals surface area (Å²) < 4.78 is 9.49. The van der Waals surface area contributed by atoms with E-state index in [1.54, 1.807) is 42.5 Å². The van der Waals surface area contributed by atoms with Gasteiger partial charge in [0.05, 0.1) is 29.0 Å². The van der Waals surface area contributed by atoms with Crippen molar-refractivity contribution in [2.75, 3.05) is 7.11 Å². The van der Waals surface area contributed by atoms with E-state index in [2.05, 4.69) is 0 Å². The van der Waals surface area contributed by atoms with Gasteiger partial charge < -0.3 is 9.84 Å². The molecule has 1 aliphatic heterocycles. The second kappa shape index (κ2) is 8.58. The van der Waals surface area contributed by atoms with E-state index in [0.29, 0.717) is 22.6 Å². The number of benzene rings is 2. The van der Waals surface area contributed by atoms with Gasteiger partial charge in [-0.15, -0.1) is 0 Å². The molecule has 3 aliphatic rings. The van der Waals surface area contributed by atoms with Gasteiger partial charge in [0, 0.05) is 35.1 Å². The van der Waals surface area contributed by atoms with E-state index < -0.39 is 23.3 Å². The summed E-state index contributed by atoms with van der Waals surface area (Å²) in [5.74, 6) is -1.01. The number of aromatic hydroxyl groups is 1. The third-order valence-electron chi connectivity index (χ3n) is 7.16. The Hall–Kier alpha value is -3.93. The number of carbonyl (C=O) groups is 2. The largest absolute Gasteiger partial charge is 0.508 e. The first-order valence-electron chi connectivity index (χ1n) is 11.6. The molecule has 37 heavy (non-hydrogen) atoms. The van der Waals surface area contributed by atoms with Gasteiger partial charge in [-0.05, 0) is 58.5 Å². The van der Waals surface area contributed by atoms with Crippen LogP contribution in [0, 0.1) is 0 Å². The average Bonchev–Trinajstić information content (AvgIpc) is 3.16. The molecule has 2 aromatic carbocycles. The van der Waals surface area contributed by atoms with Gasteiger partial charge in [0.15, 0.2) is 11.6 Å². The van der Waals surface area contributed by atoms with Crippen molar-refractivity contribution in [3.63, 3.8) is 0 Å². The topological polar surface area (TPSA) is 113 Å². The summed E-state index contributed by atoms with van der Waals surface area (Å²) in [6.45, 7) is 0.0959. The fourth-order valence-electron chi connectivity index (χ4n) is 5.51. The Kier molecular flexibility index (Phi) is 5.44. The monoisotopic (exact) mass is 609 g/mol. The number of hydrogen-bond acceptors (Lipinski definition) is 6. The lowest BCUT2D eigenvalue weighted by Gasteiger charge is -2.39. The first kappa shape index (κ1) is 23.5. The molecular formula is C27H20IN3O6. The standard InChI is InChI=1S/C27H20IN3O6/c1-37-15-7-8-21(32)17(11-15)23-16-9-10-29-26(35)30(14-5-3-2-4-6-14)27(36)31(29)20(16)12-18-22(33)13-19(28)25(34)24(18)23/h2-9,11,13,20,23,32H,10,12H2,1H3. The van der Waals surface area contributed by atoms with Crippen molar-refractivity contribution in [3.8, 4) is 17.2 Å². The van der Waals surface area contributed by atoms with Crippen LogP contribution in [0.25, 0.3) is 5.69 Å². The van der Waals surface area contributed by atoms with E-state index >= 15 is 0 Å². The van der Waals surface area contributed by atoms with Crippen molar-refractivity contribution < 1.29 is 19.4 Å². The van der Waals surface area contributed by atoms with Crippen LogP contribution in [0.15, 0.2) is 90.6 Å². The molecule has 3 aromatic rings. The second-order valence-electron chi connectivity index (χ2n) is 9.02. The highest BCUT2D eigenvalue weighted by Crippen LogP contribution is 2.52. The highest BCUT2D eigenvalue weighted by atomic mass is 127. The van der Waals surface area contributed by atoms with Crippen LogP contribution < -0.4 is 16.1 Å². The Morgan fingerprint density at radius 3 is 2.51 bits per heavy atom. The number of halogens is 1. The van der Waals surface area contributed by atoms with Crippen molar-refractivity contribution >= 4 is 34.2 Å². The average molecular weight is 609 g/mol. The van der Waals surface area contributed by atoms with Crippen molar-refractivity contribution in [1.82, 2.24) is 13.9 Å². The normalized spacial score (nSPS) is 20.6. The number of rotatable bonds is 3. The van der Waals surface area contributed by atoms with E-state index in [-0.39, 0.29) is 45.0 Å². The molecule has 1 N–H and O–H groups in total. The minimum absolute atomic E-state index is 0.0684. The highest BCUT2D eigenvalue weighted by Gasteiger charge is 2.45. The van der Waals surface area contributed by atoms with E-state index in [1.165, 1.54) is 28.6 Å². The van der Waals surface area contributed by atoms with Crippen LogP contribution in [0.5, 0.6) is 11.5 Å². The first-order chi connectivity index (χ1) is 17.8. The van der Waals surface area contributed by atoms with Crippen LogP contribution in [0.3, 0.4) is 0 Å². The van der Waals surface area contributed by atoms with Gasteiger partial charge in [0.25, 0.3) is 0 Å². The Bertz CT molecular complexity index is 1720. The fourth-order valence-corrected chi connectivity index (χ4v) is 6.09. The first-order valence-corrected chi connectivity index (χ1v) is 12.7. The fraction of sp³-hybridized carbons (Fsp3) is 0.185. The molecule has 9 nitrogen and oxygen atoms in total. The predicted octanol–water partition coefficient (Wildman–Crippen LogP) is 2.95. The quantitative estimate of drug-likeness (QED) is 0.278. The van der Waals surface area contributed by atoms with Crippen LogP contribution in [0.2, 0.25) is 0 Å². The molecule has 0 saturated carbocycles. The third-order valence-corrected chi connectivity index (χ3v) is 7.96. The molecule has 2 aliphatic carbocycles. The van der Waals surface area contributed by atoms with E-state index in [9.17, 15) is 24.3 Å². The summed E-state index contributed by atoms with van der Waals surface area (Å²) in [6.07, 6.45) is 3.19. The third kappa shape index (κ3) is 3.42. The number of methoxy groups -OCH3 is 1. The van der Waals surface area contributed by atoms with E-state index in [4.69, 9.17) is 4.74 Å². The van der Waals surface area contributed by atoms with Crippen molar-refractivity contribution in [2.24, 2.45) is 0 Å². The number of Topliss-reactive ketones (excluding diaryl/α,β-unsaturated/α-hetero) is 1. The molecule has 0 bridgehead atoms. The lowest BCUT2D eigenvalue weighted by molar-refractivity contribution is -0.115. The summed E-state index contributed by atoms with van der Waals surface area (Å²) >= 11 is 1.85. The molecule has 2 atom stereocenters. The summed E-state index contributed by atoms with van der Waals surface area (Å²) in [5.41, 5.74) is 1.03. The van der Waals surface area contributed by atoms with Crippen LogP contribution in [0.1, 0.15) is 23.9 Å². The van der Waals surface area contributed by atoms with Gasteiger partial charge in [-0.2, -0.15) is 0 Å². The number of ketones is 2. The zero-order chi connectivity index (χ0) is 26.0. The molecule has 186 valence electrons. The van der Waals surface area contributed by atoms with Gasteiger partial charge in [-0.25, -0.2) is 23.5 Å². The smallest absolute Gasteiger partial charge is 0.352 e. The Balaban J connectivity index is 1.61. The number of phenolic OH excluding ortho intramolecular Hbond substituents is 1. The van der Waals surface area contributed by atoms with Crippen LogP contribution in [-0.2, 0) is 16.1 Å². The number of allylic oxidation sites excluding steroid dienone is 6. The molecule has 2 unspecified atom stereocenters. The Labute approximate surface area is 223 Å². The Morgan fingerprint density at radius 2 is 1.78 bits per heavy atom. The molecular weight excluding hydrogens is 589 g/mol. The van der Waals surface area contributed by atoms with Crippen LogP contribution >= 0.6 is 22.6 Å². The maximum absolute atomic E-state index is 13.7. The molecule has 0 spiro atoms. The lowest BCUT2D eigenvalue weighted by Crippen LogP contribution is -2.40. The predicted molar refractivity (Wildman–Crippen MR) is 143 cm³/mol. The SMILES string of the molecule is COc1ccc(O)c(C2C3=CCn4c(=O)n(-c5ccccc5)c(=O)n4C3CC3=C2C(=O)C(I)=CC3=O)c1. The summed E-state index contributed by atoms with van der Waals surface area (Å²) in [7, 11) is 1.50. The van der Waals surface area contributed by atoms with Gasteiger partial charge in [-0.3, -0.25) is 9.59 Å². The number of carbonyl (C=O) groups excluding carboxylic acids is 2. The van der Waals surface area contributed by atoms with Crippen LogP contribution in [0.4, 0.5) is 0 Å². The van der Waals surface area contributed by atoms with E-state index in [0.717, 1.165) is 4.57 Å². The van der Waals surface area contributed by atoms with E-state index in [1.807, 2.05) is 28.7 Å². The second-order valence-corrected chi connectivity index (χ2v) is 10.2. The molecule has 1 aromatic heterocycles. The number of hydrogen-bond donors (Lipinski definition) is 1. The maximum Gasteiger partial charge on any atom is 0.352 e. The number of para-hydroxylation sites is 1. The number of ether oxygens (including phenoxy) is 1. The summed E-state index contributed by atoms with van der Waals surface area (Å²) in [5, 5.41) is 10.9. The summed E-state index contributed by atoms with van der Waals surface area (Å²) in [6, 6.07) is 12.6. The van der Waals surface area contributed by atoms with Gasteiger partial charge >= 0.3 is 11.4 Å². The number of aromatic nitrogens is 3. The number of nitrogens with zero attached hydrogens (tertiary/aromatic N) is 3. The van der Waals surface area contributed by atoms with Gasteiger partial charge in [-0.1, -0.05) is 24.3 Å². The van der Waals surface area contributed by atoms with Crippen molar-refractivity contribution in [1.29, 1.82) is 0 Å². The molecule has 6 rings (SSSR count). The molecule has 0 radical (unpaired) electrons. The molecule has 0 fully saturated rings. The van der Waals surface area contributed by atoms with Crippen molar-refractivity contribution in [3.05, 3.63) is 108 Å². The molecule has 10 heteroatoms. The number of phenols is 1. The molecule has 0 saturated heterocycles. The lowest BCUT2D eigenvalue weighted by atomic mass is 9.68. The highest BCUT2D eigenvalue weighted by molar-refractivity contribution is 14.1. The minimum atomic E-state index is -0.797. The zero-order valence-electron chi connectivity index (χ0n) is 19.6. The minimum Gasteiger partial charge on any atom is -0.508 e. The van der Waals surface area contributed by atoms with Gasteiger partial charge in [0.2, 0.25) is 0 Å². The molecule has 2 heterocycles. The number of fused-ring (bicyclic) bond motifs is 3. The summed E-state index contributed by atoms with van der Waals surface area (Å²) in [4.78, 5) is 53.6. The van der Waals surface area contributed by atoms with Crippen LogP contribution in [-0.4, -0.2) is 37.7 Å². The molecule has 0 amide bonds. The maximum atomic E-state index is 13.7. The Morgan fingerprint density at radius 1 is 1.03 bits per heavy atom.